The molecule has 25 heavy (non-hydrogen) atoms. The van der Waals surface area contributed by atoms with Crippen LogP contribution in [0, 0.1) is 0 Å². The van der Waals surface area contributed by atoms with Crippen molar-refractivity contribution in [2.45, 2.75) is 5.22 Å². The van der Waals surface area contributed by atoms with Crippen LogP contribution in [0.2, 0.25) is 15.1 Å². The fourth-order valence-electron chi connectivity index (χ4n) is 1.89. The molecule has 1 N–H and O–H groups in total. The topological polar surface area (TPSA) is 68.0 Å². The number of hydrogen-bond acceptors (Lipinski definition) is 5. The Morgan fingerprint density at radius 3 is 2.60 bits per heavy atom. The van der Waals surface area contributed by atoms with Crippen LogP contribution in [0.1, 0.15) is 0 Å². The molecule has 0 bridgehead atoms. The Morgan fingerprint density at radius 1 is 1.08 bits per heavy atom. The number of hydrogen-bond donors (Lipinski definition) is 1. The molecule has 0 fully saturated rings. The molecule has 0 unspecified atom stereocenters. The van der Waals surface area contributed by atoms with Crippen LogP contribution in [0.3, 0.4) is 0 Å². The van der Waals surface area contributed by atoms with E-state index < -0.39 is 0 Å². The number of carbonyl (C=O) groups is 1. The molecule has 1 heterocycles. The van der Waals surface area contributed by atoms with Crippen LogP contribution in [0.25, 0.3) is 11.5 Å². The lowest BCUT2D eigenvalue weighted by molar-refractivity contribution is -0.113. The minimum atomic E-state index is -0.264. The van der Waals surface area contributed by atoms with E-state index in [0.29, 0.717) is 26.6 Å². The molecule has 0 aliphatic carbocycles. The van der Waals surface area contributed by atoms with Gasteiger partial charge in [-0.25, -0.2) is 0 Å². The zero-order valence-electron chi connectivity index (χ0n) is 12.5. The van der Waals surface area contributed by atoms with E-state index in [9.17, 15) is 4.79 Å². The van der Waals surface area contributed by atoms with E-state index in [0.717, 1.165) is 17.3 Å². The average molecular weight is 415 g/mol. The third-order valence-corrected chi connectivity index (χ3v) is 4.94. The number of carbonyl (C=O) groups excluding carboxylic acids is 1. The molecule has 0 saturated heterocycles. The second kappa shape index (κ2) is 8.10. The fraction of sp³-hybridized carbons (Fsp3) is 0.0625. The van der Waals surface area contributed by atoms with Crippen LogP contribution >= 0.6 is 46.6 Å². The molecule has 3 rings (SSSR count). The molecule has 0 spiro atoms. The van der Waals surface area contributed by atoms with Gasteiger partial charge in [0.05, 0.1) is 21.5 Å². The molecule has 9 heteroatoms. The number of amides is 1. The first kappa shape index (κ1) is 18.1. The lowest BCUT2D eigenvalue weighted by Gasteiger charge is -2.07. The van der Waals surface area contributed by atoms with Gasteiger partial charge in [0.15, 0.2) is 0 Å². The highest BCUT2D eigenvalue weighted by atomic mass is 35.5. The number of benzene rings is 2. The number of rotatable bonds is 5. The molecular formula is C16H10Cl3N3O2S. The fourth-order valence-corrected chi connectivity index (χ4v) is 2.93. The molecule has 0 atom stereocenters. The highest BCUT2D eigenvalue weighted by Crippen LogP contribution is 2.30. The Kier molecular flexibility index (Phi) is 5.86. The molecule has 1 amide bonds. The first-order valence-electron chi connectivity index (χ1n) is 6.99. The van der Waals surface area contributed by atoms with E-state index in [1.54, 1.807) is 42.5 Å². The number of thioether (sulfide) groups is 1. The van der Waals surface area contributed by atoms with Crippen LogP contribution < -0.4 is 5.32 Å². The molecule has 128 valence electrons. The number of halogens is 3. The van der Waals surface area contributed by atoms with Crippen LogP contribution in [0.15, 0.2) is 52.1 Å². The summed E-state index contributed by atoms with van der Waals surface area (Å²) in [6.45, 7) is 0. The van der Waals surface area contributed by atoms with Gasteiger partial charge < -0.3 is 9.73 Å². The second-order valence-corrected chi connectivity index (χ2v) is 6.97. The summed E-state index contributed by atoms with van der Waals surface area (Å²) < 4.78 is 5.52. The summed E-state index contributed by atoms with van der Waals surface area (Å²) in [5.41, 5.74) is 1.20. The minimum Gasteiger partial charge on any atom is -0.411 e. The van der Waals surface area contributed by atoms with Gasteiger partial charge in [-0.2, -0.15) is 0 Å². The summed E-state index contributed by atoms with van der Waals surface area (Å²) in [6.07, 6.45) is 0. The summed E-state index contributed by atoms with van der Waals surface area (Å²) in [6, 6.07) is 12.0. The Balaban J connectivity index is 1.59. The predicted octanol–water partition coefficient (Wildman–Crippen LogP) is 5.43. The van der Waals surface area contributed by atoms with E-state index >= 15 is 0 Å². The summed E-state index contributed by atoms with van der Waals surface area (Å²) >= 11 is 18.9. The SMILES string of the molecule is O=C(CSc1nnc(-c2ccc(Cl)cc2)o1)Nc1cccc(Cl)c1Cl. The predicted molar refractivity (Wildman–Crippen MR) is 101 cm³/mol. The zero-order chi connectivity index (χ0) is 17.8. The summed E-state index contributed by atoms with van der Waals surface area (Å²) in [5.74, 6) is 0.184. The largest absolute Gasteiger partial charge is 0.411 e. The molecular weight excluding hydrogens is 405 g/mol. The van der Waals surface area contributed by atoms with Crippen molar-refractivity contribution in [1.29, 1.82) is 0 Å². The highest BCUT2D eigenvalue weighted by molar-refractivity contribution is 7.99. The van der Waals surface area contributed by atoms with E-state index in [1.165, 1.54) is 0 Å². The first-order valence-corrected chi connectivity index (χ1v) is 9.11. The van der Waals surface area contributed by atoms with Crippen LogP contribution in [0.5, 0.6) is 0 Å². The molecule has 3 aromatic rings. The Morgan fingerprint density at radius 2 is 1.84 bits per heavy atom. The summed E-state index contributed by atoms with van der Waals surface area (Å²) in [7, 11) is 0. The maximum absolute atomic E-state index is 12.0. The van der Waals surface area contributed by atoms with Gasteiger partial charge in [-0.15, -0.1) is 10.2 Å². The van der Waals surface area contributed by atoms with Crippen LogP contribution in [-0.4, -0.2) is 21.9 Å². The minimum absolute atomic E-state index is 0.0884. The Hall–Kier alpha value is -1.73. The molecule has 0 radical (unpaired) electrons. The van der Waals surface area contributed by atoms with E-state index in [4.69, 9.17) is 39.2 Å². The quantitative estimate of drug-likeness (QED) is 0.564. The lowest BCUT2D eigenvalue weighted by Crippen LogP contribution is -2.14. The van der Waals surface area contributed by atoms with Gasteiger partial charge in [0.2, 0.25) is 11.8 Å². The van der Waals surface area contributed by atoms with Crippen molar-refractivity contribution in [2.75, 3.05) is 11.1 Å². The number of aromatic nitrogens is 2. The normalized spacial score (nSPS) is 10.7. The van der Waals surface area contributed by atoms with Crippen molar-refractivity contribution >= 4 is 58.2 Å². The summed E-state index contributed by atoms with van der Waals surface area (Å²) in [4.78, 5) is 12.0. The Labute approximate surface area is 162 Å². The van der Waals surface area contributed by atoms with E-state index in [-0.39, 0.29) is 16.9 Å². The molecule has 5 nitrogen and oxygen atoms in total. The van der Waals surface area contributed by atoms with Gasteiger partial charge in [0.25, 0.3) is 5.22 Å². The van der Waals surface area contributed by atoms with Gasteiger partial charge >= 0.3 is 0 Å². The highest BCUT2D eigenvalue weighted by Gasteiger charge is 2.13. The second-order valence-electron chi connectivity index (χ2n) is 4.82. The third kappa shape index (κ3) is 4.67. The standard InChI is InChI=1S/C16H10Cl3N3O2S/c17-10-6-4-9(5-7-10)15-21-22-16(24-15)25-8-13(23)20-12-3-1-2-11(18)14(12)19/h1-7H,8H2,(H,20,23). The van der Waals surface area contributed by atoms with Crippen molar-refractivity contribution in [3.05, 3.63) is 57.5 Å². The van der Waals surface area contributed by atoms with Gasteiger partial charge in [-0.3, -0.25) is 4.79 Å². The zero-order valence-corrected chi connectivity index (χ0v) is 15.6. The Bertz CT molecular complexity index is 900. The molecule has 0 aliphatic rings. The lowest BCUT2D eigenvalue weighted by atomic mass is 10.2. The average Bonchev–Trinajstić information content (AvgIpc) is 3.07. The molecule has 0 aliphatic heterocycles. The third-order valence-electron chi connectivity index (χ3n) is 3.05. The van der Waals surface area contributed by atoms with Gasteiger partial charge in [0, 0.05) is 10.6 Å². The van der Waals surface area contributed by atoms with Gasteiger partial charge in [-0.1, -0.05) is 52.6 Å². The smallest absolute Gasteiger partial charge is 0.277 e. The van der Waals surface area contributed by atoms with Crippen LogP contribution in [-0.2, 0) is 4.79 Å². The maximum atomic E-state index is 12.0. The first-order chi connectivity index (χ1) is 12.0. The molecule has 1 aromatic heterocycles. The van der Waals surface area contributed by atoms with Crippen molar-refractivity contribution in [1.82, 2.24) is 10.2 Å². The van der Waals surface area contributed by atoms with Gasteiger partial charge in [0.1, 0.15) is 0 Å². The number of nitrogens with one attached hydrogen (secondary N) is 1. The van der Waals surface area contributed by atoms with E-state index in [1.807, 2.05) is 0 Å². The molecule has 0 saturated carbocycles. The monoisotopic (exact) mass is 413 g/mol. The van der Waals surface area contributed by atoms with Crippen molar-refractivity contribution in [3.8, 4) is 11.5 Å². The molecule has 2 aromatic carbocycles. The maximum Gasteiger partial charge on any atom is 0.277 e. The van der Waals surface area contributed by atoms with Gasteiger partial charge in [-0.05, 0) is 36.4 Å². The number of nitrogens with zero attached hydrogens (tertiary/aromatic N) is 2. The summed E-state index contributed by atoms with van der Waals surface area (Å²) in [5, 5.41) is 12.1. The van der Waals surface area contributed by atoms with E-state index in [2.05, 4.69) is 15.5 Å². The van der Waals surface area contributed by atoms with Crippen molar-refractivity contribution in [3.63, 3.8) is 0 Å². The number of anilines is 1. The van der Waals surface area contributed by atoms with Crippen molar-refractivity contribution in [2.24, 2.45) is 0 Å². The van der Waals surface area contributed by atoms with Crippen LogP contribution in [0.4, 0.5) is 5.69 Å². The van der Waals surface area contributed by atoms with Crippen molar-refractivity contribution < 1.29 is 9.21 Å².